The van der Waals surface area contributed by atoms with Crippen LogP contribution >= 0.6 is 0 Å². The van der Waals surface area contributed by atoms with Crippen molar-refractivity contribution >= 4 is 17.5 Å². The normalized spacial score (nSPS) is 21.6. The van der Waals surface area contributed by atoms with Gasteiger partial charge in [0.25, 0.3) is 11.8 Å². The van der Waals surface area contributed by atoms with Gasteiger partial charge in [0.1, 0.15) is 22.9 Å². The first-order valence-electron chi connectivity index (χ1n) is 10.7. The van der Waals surface area contributed by atoms with Gasteiger partial charge in [0.2, 0.25) is 5.76 Å². The van der Waals surface area contributed by atoms with Crippen LogP contribution in [0.15, 0.2) is 46.1 Å². The number of furan rings is 1. The highest BCUT2D eigenvalue weighted by Crippen LogP contribution is 2.42. The quantitative estimate of drug-likeness (QED) is 0.489. The third kappa shape index (κ3) is 4.15. The highest BCUT2D eigenvalue weighted by Gasteiger charge is 2.51. The summed E-state index contributed by atoms with van der Waals surface area (Å²) in [5.74, 6) is -4.61. The number of aliphatic hydroxyl groups is 1. The Hall–Kier alpha value is -3.34. The molecule has 1 aromatic heterocycles. The van der Waals surface area contributed by atoms with Gasteiger partial charge in [-0.25, -0.2) is 9.40 Å². The molecular formula is C23H23F4N3O4. The van der Waals surface area contributed by atoms with Crippen LogP contribution in [0.4, 0.5) is 23.2 Å². The molecule has 1 fully saturated rings. The largest absolute Gasteiger partial charge is 0.509 e. The van der Waals surface area contributed by atoms with E-state index >= 15 is 0 Å². The van der Waals surface area contributed by atoms with Crippen molar-refractivity contribution in [2.24, 2.45) is 0 Å². The number of piperidine rings is 1. The number of aryl methyl sites for hydroxylation is 1. The van der Waals surface area contributed by atoms with Crippen LogP contribution in [0.5, 0.6) is 0 Å². The summed E-state index contributed by atoms with van der Waals surface area (Å²) in [4.78, 5) is 26.5. The van der Waals surface area contributed by atoms with Gasteiger partial charge in [-0.2, -0.15) is 13.2 Å². The Morgan fingerprint density at radius 1 is 1.26 bits per heavy atom. The van der Waals surface area contributed by atoms with E-state index in [9.17, 15) is 32.3 Å². The Labute approximate surface area is 192 Å². The van der Waals surface area contributed by atoms with Crippen molar-refractivity contribution in [3.8, 4) is 0 Å². The maximum absolute atomic E-state index is 13.7. The zero-order valence-electron chi connectivity index (χ0n) is 18.5. The molecule has 1 unspecified atom stereocenters. The van der Waals surface area contributed by atoms with Gasteiger partial charge >= 0.3 is 6.18 Å². The van der Waals surface area contributed by atoms with Gasteiger partial charge in [-0.15, -0.1) is 0 Å². The van der Waals surface area contributed by atoms with Crippen molar-refractivity contribution in [3.63, 3.8) is 0 Å². The number of hydrogen-bond donors (Lipinski definition) is 2. The van der Waals surface area contributed by atoms with Crippen LogP contribution in [0.1, 0.15) is 43.3 Å². The second-order valence-electron chi connectivity index (χ2n) is 8.62. The number of carbonyl (C=O) groups is 2. The van der Waals surface area contributed by atoms with Crippen LogP contribution in [0, 0.1) is 12.7 Å². The summed E-state index contributed by atoms with van der Waals surface area (Å²) in [5, 5.41) is 16.0. The second-order valence-corrected chi connectivity index (χ2v) is 8.62. The number of halogens is 4. The number of nitrogens with one attached hydrogen (secondary N) is 1. The molecular weight excluding hydrogens is 458 g/mol. The number of nitrogens with zero attached hydrogens (tertiary/aromatic N) is 2. The van der Waals surface area contributed by atoms with E-state index in [-0.39, 0.29) is 12.3 Å². The molecule has 2 aromatic rings. The van der Waals surface area contributed by atoms with E-state index in [1.165, 1.54) is 30.1 Å². The number of carbonyl (C=O) groups excluding carboxylic acids is 2. The average molecular weight is 481 g/mol. The zero-order valence-corrected chi connectivity index (χ0v) is 18.5. The molecule has 0 radical (unpaired) electrons. The fourth-order valence-corrected chi connectivity index (χ4v) is 4.52. The fraction of sp³-hybridized carbons (Fsp3) is 0.391. The second kappa shape index (κ2) is 8.46. The number of aliphatic hydroxyl groups excluding tert-OH is 1. The van der Waals surface area contributed by atoms with E-state index in [1.807, 2.05) is 0 Å². The van der Waals surface area contributed by atoms with Crippen LogP contribution < -0.4 is 5.32 Å². The first-order chi connectivity index (χ1) is 15.9. The highest BCUT2D eigenvalue weighted by atomic mass is 19.4. The molecule has 2 aliphatic heterocycles. The minimum atomic E-state index is -4.88. The predicted octanol–water partition coefficient (Wildman–Crippen LogP) is 4.70. The minimum absolute atomic E-state index is 0.0884. The van der Waals surface area contributed by atoms with Crippen molar-refractivity contribution in [1.82, 2.24) is 10.0 Å². The van der Waals surface area contributed by atoms with Crippen LogP contribution in [-0.2, 0) is 22.3 Å². The number of benzene rings is 1. The number of anilines is 1. The third-order valence-corrected chi connectivity index (χ3v) is 6.15. The fourth-order valence-electron chi connectivity index (χ4n) is 4.52. The van der Waals surface area contributed by atoms with E-state index in [0.717, 1.165) is 12.5 Å². The molecule has 0 bridgehead atoms. The Bertz CT molecular complexity index is 1170. The Balaban J connectivity index is 1.73. The SMILES string of the molecule is Cc1cc(NC(=O)C2=C(O)C3(C)CCCCN3N(Cc3cccc(F)c3)C2=O)c(C(F)(F)F)o1. The molecule has 1 atom stereocenters. The lowest BCUT2D eigenvalue weighted by Gasteiger charge is -2.52. The van der Waals surface area contributed by atoms with Gasteiger partial charge in [-0.05, 0) is 50.8 Å². The molecule has 34 heavy (non-hydrogen) atoms. The van der Waals surface area contributed by atoms with Crippen molar-refractivity contribution in [1.29, 1.82) is 0 Å². The lowest BCUT2D eigenvalue weighted by molar-refractivity contribution is -0.173. The topological polar surface area (TPSA) is 86.0 Å². The van der Waals surface area contributed by atoms with Gasteiger partial charge < -0.3 is 14.8 Å². The number of fused-ring (bicyclic) bond motifs is 1. The minimum Gasteiger partial charge on any atom is -0.509 e. The number of amides is 2. The standard InChI is InChI=1S/C23H23F4N3O4/c1-13-10-16(19(34-13)23(25,26)27)28-20(32)17-18(31)22(2)8-3-4-9-30(22)29(21(17)33)12-14-6-5-7-15(24)11-14/h5-7,10-11,31H,3-4,8-9,12H2,1-2H3,(H,28,32). The van der Waals surface area contributed by atoms with Crippen molar-refractivity contribution < 1.29 is 36.7 Å². The van der Waals surface area contributed by atoms with E-state index in [0.29, 0.717) is 24.9 Å². The summed E-state index contributed by atoms with van der Waals surface area (Å²) < 4.78 is 58.3. The first kappa shape index (κ1) is 23.8. The van der Waals surface area contributed by atoms with Gasteiger partial charge in [-0.1, -0.05) is 12.1 Å². The summed E-state index contributed by atoms with van der Waals surface area (Å²) in [7, 11) is 0. The number of hydrogen-bond acceptors (Lipinski definition) is 5. The molecule has 1 aromatic carbocycles. The van der Waals surface area contributed by atoms with Gasteiger partial charge in [0.05, 0.1) is 17.8 Å². The van der Waals surface area contributed by atoms with Gasteiger partial charge in [-0.3, -0.25) is 14.6 Å². The maximum Gasteiger partial charge on any atom is 0.451 e. The van der Waals surface area contributed by atoms with Crippen molar-refractivity contribution in [2.45, 2.75) is 51.4 Å². The van der Waals surface area contributed by atoms with Crippen LogP contribution in [-0.4, -0.2) is 39.0 Å². The van der Waals surface area contributed by atoms with E-state index in [4.69, 9.17) is 0 Å². The van der Waals surface area contributed by atoms with E-state index < -0.39 is 52.1 Å². The molecule has 4 rings (SSSR count). The summed E-state index contributed by atoms with van der Waals surface area (Å²) in [6.45, 7) is 3.25. The van der Waals surface area contributed by atoms with Crippen LogP contribution in [0.2, 0.25) is 0 Å². The summed E-state index contributed by atoms with van der Waals surface area (Å²) in [6.07, 6.45) is -3.05. The Morgan fingerprint density at radius 2 is 2.00 bits per heavy atom. The van der Waals surface area contributed by atoms with Gasteiger partial charge in [0.15, 0.2) is 0 Å². The Kier molecular flexibility index (Phi) is 5.92. The number of rotatable bonds is 4. The van der Waals surface area contributed by atoms with E-state index in [1.54, 1.807) is 18.0 Å². The summed E-state index contributed by atoms with van der Waals surface area (Å²) in [5.41, 5.74) is -2.00. The molecule has 0 saturated carbocycles. The van der Waals surface area contributed by atoms with Crippen LogP contribution in [0.3, 0.4) is 0 Å². The predicted molar refractivity (Wildman–Crippen MR) is 113 cm³/mol. The van der Waals surface area contributed by atoms with Crippen molar-refractivity contribution in [3.05, 3.63) is 64.6 Å². The highest BCUT2D eigenvalue weighted by molar-refractivity contribution is 6.23. The molecule has 7 nitrogen and oxygen atoms in total. The molecule has 1 saturated heterocycles. The average Bonchev–Trinajstić information content (AvgIpc) is 3.12. The van der Waals surface area contributed by atoms with Gasteiger partial charge in [0, 0.05) is 12.6 Å². The molecule has 0 aliphatic carbocycles. The number of hydrazine groups is 1. The molecule has 2 N–H and O–H groups in total. The maximum atomic E-state index is 13.7. The number of alkyl halides is 3. The molecule has 2 aliphatic rings. The van der Waals surface area contributed by atoms with E-state index in [2.05, 4.69) is 9.73 Å². The monoisotopic (exact) mass is 481 g/mol. The lowest BCUT2D eigenvalue weighted by atomic mass is 9.83. The smallest absolute Gasteiger partial charge is 0.451 e. The van der Waals surface area contributed by atoms with Crippen LogP contribution in [0.25, 0.3) is 0 Å². The molecule has 3 heterocycles. The third-order valence-electron chi connectivity index (χ3n) is 6.15. The summed E-state index contributed by atoms with van der Waals surface area (Å²) in [6, 6.07) is 6.58. The Morgan fingerprint density at radius 3 is 2.68 bits per heavy atom. The summed E-state index contributed by atoms with van der Waals surface area (Å²) >= 11 is 0. The van der Waals surface area contributed by atoms with Crippen molar-refractivity contribution in [2.75, 3.05) is 11.9 Å². The zero-order chi connectivity index (χ0) is 24.8. The molecule has 2 amide bonds. The molecule has 182 valence electrons. The first-order valence-corrected chi connectivity index (χ1v) is 10.7. The lowest BCUT2D eigenvalue weighted by Crippen LogP contribution is -2.64. The molecule has 0 spiro atoms. The molecule has 11 heteroatoms.